The monoisotopic (exact) mass is 291 g/mol. The number of fused-ring (bicyclic) bond motifs is 1. The van der Waals surface area contributed by atoms with Crippen molar-refractivity contribution in [2.45, 2.75) is 6.10 Å². The largest absolute Gasteiger partial charge is 0.429 e. The van der Waals surface area contributed by atoms with Crippen LogP contribution in [0.2, 0.25) is 5.02 Å². The summed E-state index contributed by atoms with van der Waals surface area (Å²) in [6, 6.07) is 12.6. The standard InChI is InChI=1S/C14H10ClNO2S/c15-10-4-2-1-3-9(10)13(17)8-5-6-11-12(7-8)18-14(19)16-11/h1-7,13,17H,(H,16,19). The third kappa shape index (κ3) is 2.30. The summed E-state index contributed by atoms with van der Waals surface area (Å²) in [5.41, 5.74) is 2.80. The van der Waals surface area contributed by atoms with Crippen molar-refractivity contribution in [3.05, 3.63) is 63.5 Å². The lowest BCUT2D eigenvalue weighted by Crippen LogP contribution is -2.00. The molecule has 0 fully saturated rings. The molecule has 2 N–H and O–H groups in total. The number of halogens is 1. The number of nitrogens with one attached hydrogen (secondary N) is 1. The van der Waals surface area contributed by atoms with E-state index in [0.717, 1.165) is 5.52 Å². The summed E-state index contributed by atoms with van der Waals surface area (Å²) in [6.07, 6.45) is -0.795. The zero-order valence-corrected chi connectivity index (χ0v) is 11.3. The van der Waals surface area contributed by atoms with Gasteiger partial charge in [-0.15, -0.1) is 0 Å². The molecule has 1 unspecified atom stereocenters. The molecular weight excluding hydrogens is 282 g/mol. The van der Waals surface area contributed by atoms with E-state index in [0.29, 0.717) is 26.6 Å². The third-order valence-electron chi connectivity index (χ3n) is 2.96. The van der Waals surface area contributed by atoms with Crippen LogP contribution in [0.4, 0.5) is 0 Å². The van der Waals surface area contributed by atoms with Gasteiger partial charge in [-0.05, 0) is 36.0 Å². The summed E-state index contributed by atoms with van der Waals surface area (Å²) in [7, 11) is 0. The van der Waals surface area contributed by atoms with E-state index in [1.54, 1.807) is 18.2 Å². The topological polar surface area (TPSA) is 49.2 Å². The maximum atomic E-state index is 10.4. The van der Waals surface area contributed by atoms with E-state index in [1.807, 2.05) is 24.3 Å². The predicted octanol–water partition coefficient (Wildman–Crippen LogP) is 4.23. The van der Waals surface area contributed by atoms with Crippen molar-refractivity contribution in [3.63, 3.8) is 0 Å². The zero-order chi connectivity index (χ0) is 13.4. The molecule has 0 saturated carbocycles. The molecule has 3 nitrogen and oxygen atoms in total. The number of aromatic nitrogens is 1. The summed E-state index contributed by atoms with van der Waals surface area (Å²) >= 11 is 11.0. The van der Waals surface area contributed by atoms with Crippen LogP contribution in [-0.4, -0.2) is 10.1 Å². The van der Waals surface area contributed by atoms with Gasteiger partial charge in [0.1, 0.15) is 6.10 Å². The average molecular weight is 292 g/mol. The first kappa shape index (κ1) is 12.4. The molecule has 0 spiro atoms. The molecule has 0 bridgehead atoms. The molecule has 0 aliphatic rings. The molecule has 0 amide bonds. The molecule has 0 aliphatic heterocycles. The Balaban J connectivity index is 2.08. The molecular formula is C14H10ClNO2S. The van der Waals surface area contributed by atoms with E-state index < -0.39 is 6.10 Å². The first-order chi connectivity index (χ1) is 9.15. The summed E-state index contributed by atoms with van der Waals surface area (Å²) < 4.78 is 5.34. The van der Waals surface area contributed by atoms with Gasteiger partial charge in [-0.1, -0.05) is 35.9 Å². The Kier molecular flexibility index (Phi) is 3.14. The number of aliphatic hydroxyl groups excluding tert-OH is 1. The van der Waals surface area contributed by atoms with Crippen LogP contribution in [0, 0.1) is 4.84 Å². The lowest BCUT2D eigenvalue weighted by Gasteiger charge is -2.12. The molecule has 1 aromatic heterocycles. The highest BCUT2D eigenvalue weighted by Gasteiger charge is 2.14. The number of benzene rings is 2. The Hall–Kier alpha value is -1.62. The van der Waals surface area contributed by atoms with Gasteiger partial charge in [0.25, 0.3) is 4.84 Å². The molecule has 3 aromatic rings. The van der Waals surface area contributed by atoms with Crippen molar-refractivity contribution in [3.8, 4) is 0 Å². The number of aliphatic hydroxyl groups is 1. The molecule has 3 rings (SSSR count). The van der Waals surface area contributed by atoms with Gasteiger partial charge < -0.3 is 14.5 Å². The fourth-order valence-electron chi connectivity index (χ4n) is 2.01. The summed E-state index contributed by atoms with van der Waals surface area (Å²) in [4.78, 5) is 3.24. The van der Waals surface area contributed by atoms with Crippen molar-refractivity contribution in [2.24, 2.45) is 0 Å². The number of hydrogen-bond donors (Lipinski definition) is 2. The molecule has 96 valence electrons. The van der Waals surface area contributed by atoms with E-state index in [9.17, 15) is 5.11 Å². The molecule has 5 heteroatoms. The number of rotatable bonds is 2. The second-order valence-corrected chi connectivity index (χ2v) is 4.97. The van der Waals surface area contributed by atoms with Crippen molar-refractivity contribution >= 4 is 34.9 Å². The first-order valence-electron chi connectivity index (χ1n) is 5.70. The van der Waals surface area contributed by atoms with Gasteiger partial charge in [-0.25, -0.2) is 0 Å². The highest BCUT2D eigenvalue weighted by atomic mass is 35.5. The van der Waals surface area contributed by atoms with Crippen LogP contribution in [0.15, 0.2) is 46.9 Å². The molecule has 1 atom stereocenters. The molecule has 19 heavy (non-hydrogen) atoms. The Morgan fingerprint density at radius 3 is 2.79 bits per heavy atom. The van der Waals surface area contributed by atoms with E-state index >= 15 is 0 Å². The lowest BCUT2D eigenvalue weighted by molar-refractivity contribution is 0.220. The minimum absolute atomic E-state index is 0.319. The highest BCUT2D eigenvalue weighted by Crippen LogP contribution is 2.29. The van der Waals surface area contributed by atoms with Crippen molar-refractivity contribution in [2.75, 3.05) is 0 Å². The van der Waals surface area contributed by atoms with Crippen LogP contribution in [0.5, 0.6) is 0 Å². The molecule has 0 aliphatic carbocycles. The van der Waals surface area contributed by atoms with Gasteiger partial charge in [0, 0.05) is 10.6 Å². The second kappa shape index (κ2) is 4.81. The van der Waals surface area contributed by atoms with Gasteiger partial charge in [0.2, 0.25) is 0 Å². The van der Waals surface area contributed by atoms with E-state index in [-0.39, 0.29) is 0 Å². The van der Waals surface area contributed by atoms with E-state index in [1.165, 1.54) is 0 Å². The lowest BCUT2D eigenvalue weighted by atomic mass is 10.0. The van der Waals surface area contributed by atoms with Gasteiger partial charge in [0.15, 0.2) is 5.58 Å². The Labute approximate surface area is 119 Å². The predicted molar refractivity (Wildman–Crippen MR) is 76.9 cm³/mol. The van der Waals surface area contributed by atoms with Crippen molar-refractivity contribution < 1.29 is 9.52 Å². The second-order valence-electron chi connectivity index (χ2n) is 4.19. The van der Waals surface area contributed by atoms with Gasteiger partial charge in [-0.2, -0.15) is 0 Å². The molecule has 0 radical (unpaired) electrons. The van der Waals surface area contributed by atoms with Crippen LogP contribution < -0.4 is 0 Å². The van der Waals surface area contributed by atoms with Crippen molar-refractivity contribution in [1.82, 2.24) is 4.98 Å². The maximum absolute atomic E-state index is 10.4. The Morgan fingerprint density at radius 2 is 2.00 bits per heavy atom. The minimum atomic E-state index is -0.795. The van der Waals surface area contributed by atoms with Gasteiger partial charge in [-0.3, -0.25) is 0 Å². The number of hydrogen-bond acceptors (Lipinski definition) is 3. The van der Waals surface area contributed by atoms with Crippen molar-refractivity contribution in [1.29, 1.82) is 0 Å². The highest BCUT2D eigenvalue weighted by molar-refractivity contribution is 7.71. The van der Waals surface area contributed by atoms with Crippen LogP contribution in [0.1, 0.15) is 17.2 Å². The third-order valence-corrected chi connectivity index (χ3v) is 3.49. The summed E-state index contributed by atoms with van der Waals surface area (Å²) in [5, 5.41) is 10.9. The number of aromatic amines is 1. The smallest absolute Gasteiger partial charge is 0.266 e. The number of H-pyrrole nitrogens is 1. The molecule has 2 aromatic carbocycles. The fourth-order valence-corrected chi connectivity index (χ4v) is 2.45. The molecule has 1 heterocycles. The molecule has 0 saturated heterocycles. The van der Waals surface area contributed by atoms with E-state index in [2.05, 4.69) is 4.98 Å². The van der Waals surface area contributed by atoms with Crippen LogP contribution >= 0.6 is 23.8 Å². The summed E-state index contributed by atoms with van der Waals surface area (Å²) in [5.74, 6) is 0. The first-order valence-corrected chi connectivity index (χ1v) is 6.49. The van der Waals surface area contributed by atoms with Crippen LogP contribution in [0.25, 0.3) is 11.1 Å². The van der Waals surface area contributed by atoms with Gasteiger partial charge >= 0.3 is 0 Å². The van der Waals surface area contributed by atoms with Crippen LogP contribution in [-0.2, 0) is 0 Å². The maximum Gasteiger partial charge on any atom is 0.266 e. The fraction of sp³-hybridized carbons (Fsp3) is 0.0714. The SMILES string of the molecule is OC(c1ccc2[nH]c(=S)oc2c1)c1ccccc1Cl. The quantitative estimate of drug-likeness (QED) is 0.695. The minimum Gasteiger partial charge on any atom is -0.429 e. The van der Waals surface area contributed by atoms with Crippen LogP contribution in [0.3, 0.4) is 0 Å². The van der Waals surface area contributed by atoms with E-state index in [4.69, 9.17) is 28.2 Å². The normalized spacial score (nSPS) is 12.7. The van der Waals surface area contributed by atoms with Gasteiger partial charge in [0.05, 0.1) is 5.52 Å². The number of oxazole rings is 1. The summed E-state index contributed by atoms with van der Waals surface area (Å²) in [6.45, 7) is 0. The average Bonchev–Trinajstić information content (AvgIpc) is 2.77. The Morgan fingerprint density at radius 1 is 1.21 bits per heavy atom. The Bertz CT molecular complexity index is 793. The zero-order valence-electron chi connectivity index (χ0n) is 9.76.